The zero-order chi connectivity index (χ0) is 36.0. The summed E-state index contributed by atoms with van der Waals surface area (Å²) in [6, 6.07) is 53.1. The lowest BCUT2D eigenvalue weighted by molar-refractivity contribution is 0.622. The summed E-state index contributed by atoms with van der Waals surface area (Å²) in [6.45, 7) is 0. The highest BCUT2D eigenvalue weighted by molar-refractivity contribution is 6.25. The van der Waals surface area contributed by atoms with Crippen molar-refractivity contribution >= 4 is 76.5 Å². The molecule has 7 nitrogen and oxygen atoms in total. The molecule has 0 unspecified atom stereocenters. The van der Waals surface area contributed by atoms with Crippen LogP contribution in [0.5, 0.6) is 0 Å². The maximum atomic E-state index is 6.50. The fourth-order valence-corrected chi connectivity index (χ4v) is 7.94. The second-order valence-electron chi connectivity index (χ2n) is 13.8. The summed E-state index contributed by atoms with van der Waals surface area (Å²) in [5, 5.41) is 8.14. The van der Waals surface area contributed by atoms with Crippen LogP contribution in [0.25, 0.3) is 122 Å². The molecule has 0 radical (unpaired) electrons. The summed E-state index contributed by atoms with van der Waals surface area (Å²) < 4.78 is 19.1. The first-order valence-electron chi connectivity index (χ1n) is 18.1. The lowest BCUT2D eigenvalue weighted by Crippen LogP contribution is -2.00. The molecule has 0 aliphatic heterocycles. The highest BCUT2D eigenvalue weighted by Gasteiger charge is 2.20. The topological polar surface area (TPSA) is 91.0 Å². The van der Waals surface area contributed by atoms with Crippen molar-refractivity contribution in [3.05, 3.63) is 158 Å². The van der Waals surface area contributed by atoms with Crippen LogP contribution in [0.15, 0.2) is 171 Å². The Morgan fingerprint density at radius 3 is 1.85 bits per heavy atom. The standard InChI is InChI=1S/C48H26N4O3/c1-2-10-29(11-3-1)48-49-37-21-24-41-43(44(37)55-48)42-35-25-30(18-17-28(35)19-23-40(42)54-41)45-50-46(31-20-22-39-36(26-31)33-14-6-7-16-38(33)53-39)52-47(51-45)34-15-8-12-27-9-4-5-13-32(27)34/h1-26H. The lowest BCUT2D eigenvalue weighted by atomic mass is 10.0. The van der Waals surface area contributed by atoms with Crippen LogP contribution >= 0.6 is 0 Å². The fraction of sp³-hybridized carbons (Fsp3) is 0. The number of para-hydroxylation sites is 1. The summed E-state index contributed by atoms with van der Waals surface area (Å²) >= 11 is 0. The average molecular weight is 707 g/mol. The fourth-order valence-electron chi connectivity index (χ4n) is 7.94. The number of fused-ring (bicyclic) bond motifs is 11. The van der Waals surface area contributed by atoms with Gasteiger partial charge in [-0.05, 0) is 82.2 Å². The molecule has 55 heavy (non-hydrogen) atoms. The molecule has 0 bridgehead atoms. The monoisotopic (exact) mass is 706 g/mol. The van der Waals surface area contributed by atoms with Crippen molar-refractivity contribution in [3.63, 3.8) is 0 Å². The van der Waals surface area contributed by atoms with E-state index in [1.165, 1.54) is 0 Å². The molecule has 0 aliphatic carbocycles. The van der Waals surface area contributed by atoms with Crippen molar-refractivity contribution in [3.8, 4) is 45.6 Å². The van der Waals surface area contributed by atoms with Crippen LogP contribution in [-0.2, 0) is 0 Å². The Labute approximate surface area is 312 Å². The van der Waals surface area contributed by atoms with Gasteiger partial charge in [-0.3, -0.25) is 0 Å². The third kappa shape index (κ3) is 4.63. The lowest BCUT2D eigenvalue weighted by Gasteiger charge is -2.11. The third-order valence-corrected chi connectivity index (χ3v) is 10.6. The van der Waals surface area contributed by atoms with Crippen molar-refractivity contribution in [1.82, 2.24) is 19.9 Å². The Balaban J connectivity index is 1.10. The molecule has 0 amide bonds. The van der Waals surface area contributed by atoms with E-state index >= 15 is 0 Å². The smallest absolute Gasteiger partial charge is 0.227 e. The van der Waals surface area contributed by atoms with Crippen LogP contribution in [-0.4, -0.2) is 19.9 Å². The summed E-state index contributed by atoms with van der Waals surface area (Å²) in [4.78, 5) is 20.3. The van der Waals surface area contributed by atoms with Crippen molar-refractivity contribution in [2.45, 2.75) is 0 Å². The van der Waals surface area contributed by atoms with Gasteiger partial charge in [-0.1, -0.05) is 97.1 Å². The molecule has 0 aliphatic rings. The SMILES string of the molecule is c1ccc(-c2nc3ccc4oc5ccc6ccc(-c7nc(-c8ccc9oc%10ccccc%10c9c8)nc(-c8cccc9ccccc89)n7)cc6c5c4c3o2)cc1. The molecule has 0 saturated carbocycles. The van der Waals surface area contributed by atoms with Crippen LogP contribution in [0.1, 0.15) is 0 Å². The van der Waals surface area contributed by atoms with Crippen LogP contribution in [0.4, 0.5) is 0 Å². The normalized spacial score (nSPS) is 12.0. The van der Waals surface area contributed by atoms with Gasteiger partial charge in [0.05, 0.1) is 5.39 Å². The number of nitrogens with zero attached hydrogens (tertiary/aromatic N) is 4. The van der Waals surface area contributed by atoms with Crippen molar-refractivity contribution in [2.75, 3.05) is 0 Å². The Morgan fingerprint density at radius 2 is 0.964 bits per heavy atom. The van der Waals surface area contributed by atoms with Crippen molar-refractivity contribution < 1.29 is 13.3 Å². The molecule has 0 spiro atoms. The molecule has 256 valence electrons. The van der Waals surface area contributed by atoms with Gasteiger partial charge in [0.25, 0.3) is 0 Å². The molecule has 12 rings (SSSR count). The molecule has 0 saturated heterocycles. The Kier molecular flexibility index (Phi) is 6.21. The van der Waals surface area contributed by atoms with Crippen LogP contribution in [0.3, 0.4) is 0 Å². The summed E-state index contributed by atoms with van der Waals surface area (Å²) in [5.74, 6) is 2.30. The van der Waals surface area contributed by atoms with Gasteiger partial charge >= 0.3 is 0 Å². The third-order valence-electron chi connectivity index (χ3n) is 10.6. The molecule has 7 heteroatoms. The van der Waals surface area contributed by atoms with E-state index in [4.69, 9.17) is 33.2 Å². The number of hydrogen-bond donors (Lipinski definition) is 0. The van der Waals surface area contributed by atoms with E-state index in [1.807, 2.05) is 91.0 Å². The number of furan rings is 2. The maximum absolute atomic E-state index is 6.50. The van der Waals surface area contributed by atoms with Gasteiger partial charge in [0.2, 0.25) is 5.89 Å². The van der Waals surface area contributed by atoms with Gasteiger partial charge in [-0.15, -0.1) is 0 Å². The van der Waals surface area contributed by atoms with E-state index in [0.717, 1.165) is 93.2 Å². The van der Waals surface area contributed by atoms with E-state index < -0.39 is 0 Å². The van der Waals surface area contributed by atoms with Gasteiger partial charge in [-0.25, -0.2) is 19.9 Å². The molecular weight excluding hydrogens is 681 g/mol. The summed E-state index contributed by atoms with van der Waals surface area (Å²) in [6.07, 6.45) is 0. The Hall–Kier alpha value is -7.64. The van der Waals surface area contributed by atoms with E-state index in [1.54, 1.807) is 0 Å². The van der Waals surface area contributed by atoms with Gasteiger partial charge in [0.1, 0.15) is 27.8 Å². The van der Waals surface area contributed by atoms with Gasteiger partial charge in [-0.2, -0.15) is 0 Å². The summed E-state index contributed by atoms with van der Waals surface area (Å²) in [5.41, 5.74) is 8.19. The van der Waals surface area contributed by atoms with E-state index in [2.05, 4.69) is 66.7 Å². The molecule has 8 aromatic carbocycles. The largest absolute Gasteiger partial charge is 0.456 e. The molecule has 4 aromatic heterocycles. The van der Waals surface area contributed by atoms with Crippen molar-refractivity contribution in [1.29, 1.82) is 0 Å². The Bertz CT molecular complexity index is 3500. The maximum Gasteiger partial charge on any atom is 0.227 e. The predicted molar refractivity (Wildman–Crippen MR) is 219 cm³/mol. The number of oxazole rings is 1. The number of benzene rings is 8. The van der Waals surface area contributed by atoms with E-state index in [-0.39, 0.29) is 0 Å². The average Bonchev–Trinajstić information content (AvgIpc) is 3.97. The van der Waals surface area contributed by atoms with Crippen molar-refractivity contribution in [2.24, 2.45) is 0 Å². The second-order valence-corrected chi connectivity index (χ2v) is 13.8. The minimum atomic E-state index is 0.563. The Morgan fingerprint density at radius 1 is 0.345 bits per heavy atom. The molecule has 0 N–H and O–H groups in total. The molecule has 0 atom stereocenters. The molecule has 12 aromatic rings. The number of hydrogen-bond acceptors (Lipinski definition) is 7. The minimum absolute atomic E-state index is 0.563. The molecular formula is C48H26N4O3. The van der Waals surface area contributed by atoms with Crippen LogP contribution < -0.4 is 0 Å². The molecule has 4 heterocycles. The minimum Gasteiger partial charge on any atom is -0.456 e. The zero-order valence-electron chi connectivity index (χ0n) is 29.0. The van der Waals surface area contributed by atoms with Gasteiger partial charge in [0.15, 0.2) is 23.1 Å². The highest BCUT2D eigenvalue weighted by Crippen LogP contribution is 2.41. The first-order valence-corrected chi connectivity index (χ1v) is 18.1. The van der Waals surface area contributed by atoms with Crippen LogP contribution in [0.2, 0.25) is 0 Å². The zero-order valence-corrected chi connectivity index (χ0v) is 29.0. The number of rotatable bonds is 4. The molecule has 0 fully saturated rings. The predicted octanol–water partition coefficient (Wildman–Crippen LogP) is 12.8. The summed E-state index contributed by atoms with van der Waals surface area (Å²) in [7, 11) is 0. The quantitative estimate of drug-likeness (QED) is 0.180. The van der Waals surface area contributed by atoms with Crippen LogP contribution in [0, 0.1) is 0 Å². The van der Waals surface area contributed by atoms with E-state index in [9.17, 15) is 0 Å². The van der Waals surface area contributed by atoms with Gasteiger partial charge < -0.3 is 13.3 Å². The van der Waals surface area contributed by atoms with Gasteiger partial charge in [0, 0.05) is 38.4 Å². The van der Waals surface area contributed by atoms with E-state index in [0.29, 0.717) is 28.9 Å². The number of aromatic nitrogens is 4. The highest BCUT2D eigenvalue weighted by atomic mass is 16.4. The first kappa shape index (κ1) is 29.9. The second kappa shape index (κ2) is 11.4. The first-order chi connectivity index (χ1) is 27.2.